The first-order valence-corrected chi connectivity index (χ1v) is 11.4. The fraction of sp³-hybridized carbons (Fsp3) is 0. The molecule has 4 aromatic rings. The second-order valence-electron chi connectivity index (χ2n) is 7.22. The van der Waals surface area contributed by atoms with Crippen molar-refractivity contribution in [1.82, 2.24) is 10.4 Å². The van der Waals surface area contributed by atoms with Crippen molar-refractivity contribution in [3.05, 3.63) is 99.6 Å². The Hall–Kier alpha value is -4.08. The van der Waals surface area contributed by atoms with Crippen molar-refractivity contribution in [3.8, 4) is 0 Å². The van der Waals surface area contributed by atoms with Gasteiger partial charge in [0.25, 0.3) is 5.91 Å². The third kappa shape index (κ3) is 6.08. The molecular weight excluding hydrogens is 534 g/mol. The highest BCUT2D eigenvalue weighted by molar-refractivity contribution is 9.10. The zero-order valence-corrected chi connectivity index (χ0v) is 20.3. The molecule has 0 unspecified atom stereocenters. The number of rotatable bonds is 5. The summed E-state index contributed by atoms with van der Waals surface area (Å²) in [6.07, 6.45) is 1.30. The second kappa shape index (κ2) is 10.9. The van der Waals surface area contributed by atoms with Crippen molar-refractivity contribution in [2.24, 2.45) is 5.10 Å². The molecule has 8 nitrogen and oxygen atoms in total. The Labute approximate surface area is 213 Å². The van der Waals surface area contributed by atoms with Gasteiger partial charge < -0.3 is 10.6 Å². The standard InChI is InChI=1S/C25H17BrClN5O3/c26-17-9-11-18(12-10-17)29-23(33)19-6-2-4-8-21(19)31-24(34)25(35)32-28-14-16-13-15-5-1-3-7-20(15)30-22(16)27/h1-14H,(H,29,33)(H,31,34)(H,32,35). The number of fused-ring (bicyclic) bond motifs is 1. The molecule has 3 aromatic carbocycles. The molecule has 1 aromatic heterocycles. The molecule has 0 aliphatic carbocycles. The first kappa shape index (κ1) is 24.1. The van der Waals surface area contributed by atoms with E-state index < -0.39 is 17.7 Å². The highest BCUT2D eigenvalue weighted by Crippen LogP contribution is 2.20. The van der Waals surface area contributed by atoms with Gasteiger partial charge >= 0.3 is 11.8 Å². The van der Waals surface area contributed by atoms with Crippen LogP contribution in [0.4, 0.5) is 11.4 Å². The number of halogens is 2. The summed E-state index contributed by atoms with van der Waals surface area (Å²) < 4.78 is 0.871. The van der Waals surface area contributed by atoms with Gasteiger partial charge in [-0.25, -0.2) is 10.4 Å². The third-order valence-corrected chi connectivity index (χ3v) is 5.63. The van der Waals surface area contributed by atoms with Crippen LogP contribution in [0.25, 0.3) is 10.9 Å². The molecule has 0 radical (unpaired) electrons. The van der Waals surface area contributed by atoms with E-state index >= 15 is 0 Å². The average molecular weight is 551 g/mol. The van der Waals surface area contributed by atoms with Gasteiger partial charge in [-0.05, 0) is 48.5 Å². The Balaban J connectivity index is 1.41. The molecular formula is C25H17BrClN5O3. The molecule has 10 heteroatoms. The number of benzene rings is 3. The van der Waals surface area contributed by atoms with Crippen LogP contribution in [0.3, 0.4) is 0 Å². The molecule has 0 aliphatic rings. The molecule has 0 saturated carbocycles. The third-order valence-electron chi connectivity index (χ3n) is 4.80. The Morgan fingerprint density at radius 3 is 2.40 bits per heavy atom. The van der Waals surface area contributed by atoms with E-state index in [1.54, 1.807) is 42.5 Å². The van der Waals surface area contributed by atoms with E-state index in [0.29, 0.717) is 11.3 Å². The van der Waals surface area contributed by atoms with E-state index in [1.165, 1.54) is 18.3 Å². The van der Waals surface area contributed by atoms with Crippen molar-refractivity contribution < 1.29 is 14.4 Å². The second-order valence-corrected chi connectivity index (χ2v) is 8.49. The van der Waals surface area contributed by atoms with Gasteiger partial charge in [0.1, 0.15) is 5.15 Å². The number of hydrogen-bond donors (Lipinski definition) is 3. The number of nitrogens with one attached hydrogen (secondary N) is 3. The zero-order valence-electron chi connectivity index (χ0n) is 18.0. The normalized spacial score (nSPS) is 10.8. The quantitative estimate of drug-likeness (QED) is 0.141. The molecule has 3 amide bonds. The Morgan fingerprint density at radius 1 is 0.886 bits per heavy atom. The highest BCUT2D eigenvalue weighted by Gasteiger charge is 2.18. The number of pyridine rings is 1. The summed E-state index contributed by atoms with van der Waals surface area (Å²) in [6, 6.07) is 22.5. The minimum Gasteiger partial charge on any atom is -0.322 e. The number of hydrogen-bond acceptors (Lipinski definition) is 5. The molecule has 0 fully saturated rings. The van der Waals surface area contributed by atoms with E-state index in [1.807, 2.05) is 24.3 Å². The van der Waals surface area contributed by atoms with Gasteiger partial charge in [-0.3, -0.25) is 14.4 Å². The van der Waals surface area contributed by atoms with Crippen LogP contribution in [0.5, 0.6) is 0 Å². The summed E-state index contributed by atoms with van der Waals surface area (Å²) in [6.45, 7) is 0. The van der Waals surface area contributed by atoms with E-state index in [0.717, 1.165) is 15.4 Å². The summed E-state index contributed by atoms with van der Waals surface area (Å²) in [4.78, 5) is 41.6. The molecule has 35 heavy (non-hydrogen) atoms. The van der Waals surface area contributed by atoms with Crippen LogP contribution in [0, 0.1) is 0 Å². The summed E-state index contributed by atoms with van der Waals surface area (Å²) in [5.41, 5.74) is 4.28. The minimum absolute atomic E-state index is 0.174. The van der Waals surface area contributed by atoms with Crippen molar-refractivity contribution in [3.63, 3.8) is 0 Å². The summed E-state index contributed by atoms with van der Waals surface area (Å²) >= 11 is 9.50. The first-order valence-electron chi connectivity index (χ1n) is 10.3. The molecule has 0 atom stereocenters. The van der Waals surface area contributed by atoms with Crippen LogP contribution in [0.15, 0.2) is 88.4 Å². The molecule has 0 saturated heterocycles. The maximum absolute atomic E-state index is 12.7. The van der Waals surface area contributed by atoms with Crippen LogP contribution in [-0.4, -0.2) is 28.9 Å². The average Bonchev–Trinajstić information content (AvgIpc) is 2.86. The van der Waals surface area contributed by atoms with Crippen LogP contribution in [-0.2, 0) is 9.59 Å². The van der Waals surface area contributed by atoms with Gasteiger partial charge in [-0.1, -0.05) is 57.9 Å². The fourth-order valence-corrected chi connectivity index (χ4v) is 3.57. The molecule has 0 aliphatic heterocycles. The van der Waals surface area contributed by atoms with Crippen molar-refractivity contribution in [2.75, 3.05) is 10.6 Å². The van der Waals surface area contributed by atoms with Crippen LogP contribution < -0.4 is 16.1 Å². The van der Waals surface area contributed by atoms with E-state index in [4.69, 9.17) is 11.6 Å². The number of hydrazone groups is 1. The molecule has 1 heterocycles. The molecule has 0 bridgehead atoms. The number of amides is 3. The van der Waals surface area contributed by atoms with Crippen molar-refractivity contribution in [1.29, 1.82) is 0 Å². The van der Waals surface area contributed by atoms with Gasteiger partial charge in [0, 0.05) is 21.1 Å². The molecule has 3 N–H and O–H groups in total. The SMILES string of the molecule is O=C(NN=Cc1cc2ccccc2nc1Cl)C(=O)Nc1ccccc1C(=O)Nc1ccc(Br)cc1. The van der Waals surface area contributed by atoms with Gasteiger partial charge in [-0.15, -0.1) is 0 Å². The monoisotopic (exact) mass is 549 g/mol. The van der Waals surface area contributed by atoms with E-state index in [9.17, 15) is 14.4 Å². The van der Waals surface area contributed by atoms with Gasteiger partial charge in [0.15, 0.2) is 0 Å². The van der Waals surface area contributed by atoms with E-state index in [2.05, 4.69) is 42.1 Å². The largest absolute Gasteiger partial charge is 0.329 e. The Bertz CT molecular complexity index is 1460. The topological polar surface area (TPSA) is 113 Å². The van der Waals surface area contributed by atoms with Gasteiger partial charge in [0.05, 0.1) is 23.0 Å². The number of nitrogens with zero attached hydrogens (tertiary/aromatic N) is 2. The Kier molecular flexibility index (Phi) is 7.49. The lowest BCUT2D eigenvalue weighted by Crippen LogP contribution is -2.33. The maximum Gasteiger partial charge on any atom is 0.329 e. The smallest absolute Gasteiger partial charge is 0.322 e. The number of aromatic nitrogens is 1. The summed E-state index contributed by atoms with van der Waals surface area (Å²) in [7, 11) is 0. The Morgan fingerprint density at radius 2 is 1.60 bits per heavy atom. The molecule has 174 valence electrons. The predicted octanol–water partition coefficient (Wildman–Crippen LogP) is 4.99. The number of carbonyl (C=O) groups is 3. The number of anilines is 2. The van der Waals surface area contributed by atoms with Crippen LogP contribution in [0.1, 0.15) is 15.9 Å². The van der Waals surface area contributed by atoms with Crippen molar-refractivity contribution >= 4 is 73.7 Å². The summed E-state index contributed by atoms with van der Waals surface area (Å²) in [5.74, 6) is -2.46. The van der Waals surface area contributed by atoms with Gasteiger partial charge in [-0.2, -0.15) is 5.10 Å². The first-order chi connectivity index (χ1) is 16.9. The predicted molar refractivity (Wildman–Crippen MR) is 140 cm³/mol. The highest BCUT2D eigenvalue weighted by atomic mass is 79.9. The minimum atomic E-state index is -1.02. The van der Waals surface area contributed by atoms with Crippen molar-refractivity contribution in [2.45, 2.75) is 0 Å². The summed E-state index contributed by atoms with van der Waals surface area (Å²) in [5, 5.41) is 10.0. The fourth-order valence-electron chi connectivity index (χ4n) is 3.11. The van der Waals surface area contributed by atoms with E-state index in [-0.39, 0.29) is 16.4 Å². The van der Waals surface area contributed by atoms with Gasteiger partial charge in [0.2, 0.25) is 0 Å². The maximum atomic E-state index is 12.7. The van der Waals surface area contributed by atoms with Crippen LogP contribution >= 0.6 is 27.5 Å². The number of carbonyl (C=O) groups excluding carboxylic acids is 3. The molecule has 0 spiro atoms. The number of para-hydroxylation sites is 2. The lowest BCUT2D eigenvalue weighted by Gasteiger charge is -2.11. The molecule has 4 rings (SSSR count). The zero-order chi connectivity index (χ0) is 24.8. The van der Waals surface area contributed by atoms with Crippen LogP contribution in [0.2, 0.25) is 5.15 Å². The lowest BCUT2D eigenvalue weighted by molar-refractivity contribution is -0.136. The lowest BCUT2D eigenvalue weighted by atomic mass is 10.1.